The van der Waals surface area contributed by atoms with Gasteiger partial charge in [-0.3, -0.25) is 34.3 Å². The second-order valence-electron chi connectivity index (χ2n) is 17.3. The summed E-state index contributed by atoms with van der Waals surface area (Å²) in [4.78, 5) is 53.7. The molecule has 3 aliphatic heterocycles. The number of piperidine rings is 1. The van der Waals surface area contributed by atoms with E-state index in [4.69, 9.17) is 10.8 Å². The molecular formula is C48H63F2N11O3S. The highest BCUT2D eigenvalue weighted by molar-refractivity contribution is 7.15. The fraction of sp³-hybridized carbons (Fsp3) is 0.500. The Morgan fingerprint density at radius 1 is 0.985 bits per heavy atom. The van der Waals surface area contributed by atoms with Crippen LogP contribution in [0.4, 0.5) is 31.1 Å². The van der Waals surface area contributed by atoms with Gasteiger partial charge in [-0.25, -0.2) is 13.8 Å². The maximum absolute atomic E-state index is 14.6. The van der Waals surface area contributed by atoms with Gasteiger partial charge in [0, 0.05) is 122 Å². The second kappa shape index (κ2) is 22.0. The lowest BCUT2D eigenvalue weighted by Gasteiger charge is -2.33. The van der Waals surface area contributed by atoms with Crippen molar-refractivity contribution in [1.29, 1.82) is 0 Å². The maximum Gasteiger partial charge on any atom is 0.264 e. The van der Waals surface area contributed by atoms with E-state index in [-0.39, 0.29) is 29.3 Å². The Morgan fingerprint density at radius 2 is 1.75 bits per heavy atom. The van der Waals surface area contributed by atoms with E-state index in [0.29, 0.717) is 66.7 Å². The summed E-state index contributed by atoms with van der Waals surface area (Å²) in [5, 5.41) is 15.3. The number of fused-ring (bicyclic) bond motifs is 2. The number of benzene rings is 2. The predicted octanol–water partition coefficient (Wildman–Crippen LogP) is 7.95. The van der Waals surface area contributed by atoms with E-state index < -0.39 is 6.43 Å². The number of aryl methyl sites for hydroxylation is 3. The Balaban J connectivity index is 0.863. The maximum atomic E-state index is 14.6. The molecule has 0 spiro atoms. The van der Waals surface area contributed by atoms with Crippen molar-refractivity contribution in [1.82, 2.24) is 29.9 Å². The van der Waals surface area contributed by atoms with Crippen molar-refractivity contribution in [3.8, 4) is 0 Å². The number of allylic oxidation sites excluding steroid dienone is 1. The molecule has 2 aromatic heterocycles. The molecule has 0 aliphatic carbocycles. The van der Waals surface area contributed by atoms with E-state index in [0.717, 1.165) is 116 Å². The van der Waals surface area contributed by atoms with Gasteiger partial charge in [-0.15, -0.1) is 11.3 Å². The molecule has 65 heavy (non-hydrogen) atoms. The zero-order chi connectivity index (χ0) is 46.0. The van der Waals surface area contributed by atoms with E-state index >= 15 is 0 Å². The lowest BCUT2D eigenvalue weighted by Crippen LogP contribution is -2.42. The molecule has 0 bridgehead atoms. The van der Waals surface area contributed by atoms with Gasteiger partial charge in [-0.05, 0) is 99.4 Å². The molecule has 1 fully saturated rings. The van der Waals surface area contributed by atoms with Crippen LogP contribution in [0.2, 0.25) is 0 Å². The lowest BCUT2D eigenvalue weighted by atomic mass is 9.92. The summed E-state index contributed by atoms with van der Waals surface area (Å²) in [5.74, 6) is 0.608. The van der Waals surface area contributed by atoms with Crippen molar-refractivity contribution < 1.29 is 23.2 Å². The van der Waals surface area contributed by atoms with Crippen LogP contribution < -0.4 is 26.6 Å². The summed E-state index contributed by atoms with van der Waals surface area (Å²) in [7, 11) is 1.59. The molecule has 3 amide bonds. The summed E-state index contributed by atoms with van der Waals surface area (Å²) < 4.78 is 31.4. The number of carbonyl (C=O) groups is 3. The SMILES string of the molecule is CN=CC(=CN)c1cc2c(cc1C(F)F)N(c1nn(C3CCN(CC(=O)NCCCCCCCNc4ccc(C(=O)Nc5ncc(C)s5)c(C)c4)CC3)c3c1CN(C(C)=O)CC3)CCC2. The highest BCUT2D eigenvalue weighted by Crippen LogP contribution is 2.43. The van der Waals surface area contributed by atoms with Crippen molar-refractivity contribution >= 4 is 63.2 Å². The predicted molar refractivity (Wildman–Crippen MR) is 256 cm³/mol. The number of hydrogen-bond acceptors (Lipinski definition) is 11. The van der Waals surface area contributed by atoms with Crippen LogP contribution in [0, 0.1) is 13.8 Å². The van der Waals surface area contributed by atoms with Gasteiger partial charge in [0.05, 0.1) is 19.1 Å². The highest BCUT2D eigenvalue weighted by atomic mass is 32.1. The third-order valence-electron chi connectivity index (χ3n) is 12.7. The van der Waals surface area contributed by atoms with E-state index in [1.54, 1.807) is 26.2 Å². The minimum Gasteiger partial charge on any atom is -0.404 e. The molecule has 348 valence electrons. The molecule has 1 saturated heterocycles. The van der Waals surface area contributed by atoms with Gasteiger partial charge in [0.1, 0.15) is 0 Å². The fourth-order valence-electron chi connectivity index (χ4n) is 9.28. The summed E-state index contributed by atoms with van der Waals surface area (Å²) in [6, 6.07) is 9.32. The summed E-state index contributed by atoms with van der Waals surface area (Å²) in [6.07, 6.45) is 10.9. The number of rotatable bonds is 18. The average Bonchev–Trinajstić information content (AvgIpc) is 3.89. The normalized spacial score (nSPS) is 16.0. The van der Waals surface area contributed by atoms with Gasteiger partial charge in [0.2, 0.25) is 11.8 Å². The van der Waals surface area contributed by atoms with Gasteiger partial charge in [0.15, 0.2) is 10.9 Å². The largest absolute Gasteiger partial charge is 0.404 e. The highest BCUT2D eigenvalue weighted by Gasteiger charge is 2.35. The van der Waals surface area contributed by atoms with Crippen molar-refractivity contribution in [3.63, 3.8) is 0 Å². The molecular weight excluding hydrogens is 849 g/mol. The number of unbranched alkanes of at least 4 members (excludes halogenated alkanes) is 4. The fourth-order valence-corrected chi connectivity index (χ4v) is 9.94. The number of halogens is 2. The van der Waals surface area contributed by atoms with Gasteiger partial charge < -0.3 is 26.2 Å². The Labute approximate surface area is 384 Å². The van der Waals surface area contributed by atoms with Crippen LogP contribution in [0.3, 0.4) is 0 Å². The molecule has 2 aromatic carbocycles. The molecule has 0 unspecified atom stereocenters. The van der Waals surface area contributed by atoms with Crippen molar-refractivity contribution in [2.75, 3.05) is 68.4 Å². The topological polar surface area (TPSA) is 166 Å². The van der Waals surface area contributed by atoms with Crippen molar-refractivity contribution in [3.05, 3.63) is 86.7 Å². The Hall–Kier alpha value is -5.68. The molecule has 7 rings (SSSR count). The number of amides is 3. The van der Waals surface area contributed by atoms with Crippen LogP contribution >= 0.6 is 11.3 Å². The van der Waals surface area contributed by atoms with E-state index in [1.165, 1.54) is 23.8 Å². The van der Waals surface area contributed by atoms with Gasteiger partial charge in [-0.1, -0.05) is 19.3 Å². The molecule has 5 N–H and O–H groups in total. The first-order valence-corrected chi connectivity index (χ1v) is 23.8. The molecule has 4 aromatic rings. The number of nitrogens with zero attached hydrogens (tertiary/aromatic N) is 7. The quantitative estimate of drug-likeness (QED) is 0.0573. The van der Waals surface area contributed by atoms with E-state index in [2.05, 4.69) is 40.4 Å². The van der Waals surface area contributed by atoms with Crippen molar-refractivity contribution in [2.45, 2.75) is 104 Å². The van der Waals surface area contributed by atoms with Gasteiger partial charge >= 0.3 is 0 Å². The second-order valence-corrected chi connectivity index (χ2v) is 18.6. The summed E-state index contributed by atoms with van der Waals surface area (Å²) in [6.45, 7) is 10.5. The molecule has 17 heteroatoms. The number of aromatic nitrogens is 3. The van der Waals surface area contributed by atoms with Crippen LogP contribution in [-0.4, -0.2) is 101 Å². The Kier molecular flexibility index (Phi) is 16.0. The molecule has 0 atom stereocenters. The number of nitrogens with two attached hydrogens (primary N) is 1. The number of carbonyl (C=O) groups excluding carboxylic acids is 3. The Bertz CT molecular complexity index is 2390. The van der Waals surface area contributed by atoms with Crippen molar-refractivity contribution in [2.24, 2.45) is 10.7 Å². The van der Waals surface area contributed by atoms with Crippen LogP contribution in [0.5, 0.6) is 0 Å². The first-order valence-electron chi connectivity index (χ1n) is 22.9. The number of nitrogens with one attached hydrogen (secondary N) is 3. The lowest BCUT2D eigenvalue weighted by molar-refractivity contribution is -0.129. The molecule has 0 radical (unpaired) electrons. The summed E-state index contributed by atoms with van der Waals surface area (Å²) in [5.41, 5.74) is 12.9. The van der Waals surface area contributed by atoms with Crippen LogP contribution in [0.1, 0.15) is 120 Å². The first kappa shape index (κ1) is 47.3. The number of aliphatic imine (C=N–C) groups is 1. The number of hydrogen-bond donors (Lipinski definition) is 4. The van der Waals surface area contributed by atoms with Gasteiger partial charge in [-0.2, -0.15) is 5.10 Å². The first-order chi connectivity index (χ1) is 31.4. The Morgan fingerprint density at radius 3 is 2.45 bits per heavy atom. The molecule has 14 nitrogen and oxygen atoms in total. The zero-order valence-corrected chi connectivity index (χ0v) is 38.9. The number of thiazole rings is 1. The van der Waals surface area contributed by atoms with Crippen LogP contribution in [0.15, 0.2) is 47.7 Å². The molecule has 0 saturated carbocycles. The average molecular weight is 912 g/mol. The minimum atomic E-state index is -2.72. The smallest absolute Gasteiger partial charge is 0.264 e. The van der Waals surface area contributed by atoms with E-state index in [9.17, 15) is 23.2 Å². The van der Waals surface area contributed by atoms with Crippen LogP contribution in [0.25, 0.3) is 5.57 Å². The van der Waals surface area contributed by atoms with Gasteiger partial charge in [0.25, 0.3) is 12.3 Å². The number of likely N-dealkylation sites (tertiary alicyclic amines) is 1. The molecule has 5 heterocycles. The standard InChI is InChI=1S/C48H63F2N11O3S/c1-31-23-36(12-13-38(31)47(64)56-48-55-27-32(2)65-48)53-17-8-6-5-7-9-18-54-44(63)30-58-20-14-37(15-21-58)61-42-16-22-59(33(3)62)29-41(42)46(57-61)60-19-10-11-34-24-39(35(26-51)28-52-4)40(45(49)50)25-43(34)60/h12-13,23-28,37,45,53H,5-11,14-22,29-30,51H2,1-4H3,(H,54,63)(H,55,56,64). The zero-order valence-electron chi connectivity index (χ0n) is 38.1. The van der Waals surface area contributed by atoms with E-state index in [1.807, 2.05) is 43.0 Å². The third-order valence-corrected chi connectivity index (χ3v) is 13.5. The number of anilines is 4. The summed E-state index contributed by atoms with van der Waals surface area (Å²) >= 11 is 1.45. The third kappa shape index (κ3) is 11.6. The molecule has 3 aliphatic rings. The monoisotopic (exact) mass is 911 g/mol. The number of alkyl halides is 2. The van der Waals surface area contributed by atoms with Crippen LogP contribution in [-0.2, 0) is 29.0 Å². The minimum absolute atomic E-state index is 0.00540.